The van der Waals surface area contributed by atoms with Crippen LogP contribution in [0.25, 0.3) is 5.69 Å². The van der Waals surface area contributed by atoms with Gasteiger partial charge in [0.25, 0.3) is 0 Å². The fraction of sp³-hybridized carbons (Fsp3) is 0.182. The predicted octanol–water partition coefficient (Wildman–Crippen LogP) is 1.22. The fourth-order valence-corrected chi connectivity index (χ4v) is 1.57. The molecule has 4 N–H and O–H groups in total. The van der Waals surface area contributed by atoms with E-state index in [1.807, 2.05) is 35.9 Å². The van der Waals surface area contributed by atoms with Crippen LogP contribution in [-0.4, -0.2) is 9.55 Å². The molecular weight excluding hydrogens is 188 g/mol. The Morgan fingerprint density at radius 3 is 2.80 bits per heavy atom. The summed E-state index contributed by atoms with van der Waals surface area (Å²) in [5.74, 6) is 0.947. The maximum atomic E-state index is 5.79. The van der Waals surface area contributed by atoms with Crippen LogP contribution in [-0.2, 0) is 6.54 Å². The Kier molecular flexibility index (Phi) is 2.43. The minimum absolute atomic E-state index is 0.452. The molecule has 2 rings (SSSR count). The molecule has 0 amide bonds. The highest BCUT2D eigenvalue weighted by Gasteiger charge is 2.03. The maximum Gasteiger partial charge on any atom is 0.110 e. The Hall–Kier alpha value is -1.81. The molecule has 2 aromatic rings. The average molecular weight is 202 g/mol. The monoisotopic (exact) mass is 202 g/mol. The van der Waals surface area contributed by atoms with Crippen molar-refractivity contribution in [2.24, 2.45) is 5.73 Å². The van der Waals surface area contributed by atoms with Gasteiger partial charge in [-0.2, -0.15) is 0 Å². The van der Waals surface area contributed by atoms with Crippen LogP contribution in [0.1, 0.15) is 11.4 Å². The van der Waals surface area contributed by atoms with Crippen molar-refractivity contribution >= 4 is 5.69 Å². The second-order valence-electron chi connectivity index (χ2n) is 3.43. The average Bonchev–Trinajstić information content (AvgIpc) is 2.65. The maximum absolute atomic E-state index is 5.79. The molecule has 1 aromatic heterocycles. The van der Waals surface area contributed by atoms with Crippen LogP contribution in [0.15, 0.2) is 30.6 Å². The predicted molar refractivity (Wildman–Crippen MR) is 60.6 cm³/mol. The summed E-state index contributed by atoms with van der Waals surface area (Å²) in [6, 6.07) is 5.82. The van der Waals surface area contributed by atoms with E-state index in [0.717, 1.165) is 22.8 Å². The van der Waals surface area contributed by atoms with Crippen molar-refractivity contribution in [3.05, 3.63) is 42.0 Å². The van der Waals surface area contributed by atoms with Gasteiger partial charge in [-0.05, 0) is 30.7 Å². The van der Waals surface area contributed by atoms with Crippen LogP contribution < -0.4 is 11.5 Å². The number of imidazole rings is 1. The van der Waals surface area contributed by atoms with Crippen LogP contribution in [0.4, 0.5) is 5.69 Å². The molecular formula is C11H14N4. The Labute approximate surface area is 88.5 Å². The van der Waals surface area contributed by atoms with Gasteiger partial charge in [-0.1, -0.05) is 0 Å². The highest BCUT2D eigenvalue weighted by Crippen LogP contribution is 2.17. The molecule has 0 spiro atoms. The third-order valence-electron chi connectivity index (χ3n) is 2.45. The van der Waals surface area contributed by atoms with Crippen LogP contribution in [0.3, 0.4) is 0 Å². The first-order valence-electron chi connectivity index (χ1n) is 4.81. The standard InChI is InChI=1S/C11H14N4/c1-8-14-4-5-15(8)10-2-3-11(13)9(6-10)7-12/h2-6H,7,12-13H2,1H3. The van der Waals surface area contributed by atoms with Crippen LogP contribution in [0.5, 0.6) is 0 Å². The van der Waals surface area contributed by atoms with Crippen LogP contribution >= 0.6 is 0 Å². The first-order valence-corrected chi connectivity index (χ1v) is 4.81. The number of nitrogens with two attached hydrogens (primary N) is 2. The first kappa shape index (κ1) is 9.73. The van der Waals surface area contributed by atoms with Gasteiger partial charge in [-0.15, -0.1) is 0 Å². The minimum atomic E-state index is 0.452. The van der Waals surface area contributed by atoms with E-state index in [9.17, 15) is 0 Å². The van der Waals surface area contributed by atoms with Gasteiger partial charge in [-0.3, -0.25) is 0 Å². The number of nitrogen functional groups attached to an aromatic ring is 1. The zero-order valence-corrected chi connectivity index (χ0v) is 8.64. The Balaban J connectivity index is 2.51. The molecule has 0 atom stereocenters. The van der Waals surface area contributed by atoms with E-state index in [-0.39, 0.29) is 0 Å². The molecule has 0 aliphatic rings. The van der Waals surface area contributed by atoms with Crippen molar-refractivity contribution < 1.29 is 0 Å². The number of benzene rings is 1. The first-order chi connectivity index (χ1) is 7.22. The number of nitrogens with zero attached hydrogens (tertiary/aromatic N) is 2. The molecule has 1 aromatic carbocycles. The summed E-state index contributed by atoms with van der Waals surface area (Å²) in [6.45, 7) is 2.41. The van der Waals surface area contributed by atoms with E-state index >= 15 is 0 Å². The highest BCUT2D eigenvalue weighted by molar-refractivity contribution is 5.52. The topological polar surface area (TPSA) is 69.9 Å². The second kappa shape index (κ2) is 3.74. The molecule has 4 heteroatoms. The number of hydrogen-bond acceptors (Lipinski definition) is 3. The number of aromatic nitrogens is 2. The fourth-order valence-electron chi connectivity index (χ4n) is 1.57. The minimum Gasteiger partial charge on any atom is -0.398 e. The van der Waals surface area contributed by atoms with Crippen molar-refractivity contribution in [1.29, 1.82) is 0 Å². The van der Waals surface area contributed by atoms with E-state index < -0.39 is 0 Å². The van der Waals surface area contributed by atoms with E-state index in [4.69, 9.17) is 11.5 Å². The number of aryl methyl sites for hydroxylation is 1. The summed E-state index contributed by atoms with van der Waals surface area (Å²) >= 11 is 0. The summed E-state index contributed by atoms with van der Waals surface area (Å²) in [4.78, 5) is 4.17. The van der Waals surface area contributed by atoms with Gasteiger partial charge in [0.1, 0.15) is 5.82 Å². The number of rotatable bonds is 2. The SMILES string of the molecule is Cc1nccn1-c1ccc(N)c(CN)c1. The van der Waals surface area contributed by atoms with E-state index in [1.54, 1.807) is 6.20 Å². The lowest BCUT2D eigenvalue weighted by molar-refractivity contribution is 0.965. The largest absolute Gasteiger partial charge is 0.398 e. The van der Waals surface area contributed by atoms with Crippen molar-refractivity contribution in [2.45, 2.75) is 13.5 Å². The van der Waals surface area contributed by atoms with Gasteiger partial charge in [0.15, 0.2) is 0 Å². The molecule has 0 aliphatic heterocycles. The van der Waals surface area contributed by atoms with Crippen LogP contribution in [0, 0.1) is 6.92 Å². The molecule has 0 unspecified atom stereocenters. The van der Waals surface area contributed by atoms with Crippen molar-refractivity contribution in [2.75, 3.05) is 5.73 Å². The lowest BCUT2D eigenvalue weighted by Crippen LogP contribution is -2.04. The van der Waals surface area contributed by atoms with Gasteiger partial charge in [0, 0.05) is 30.3 Å². The lowest BCUT2D eigenvalue weighted by atomic mass is 10.1. The molecule has 0 radical (unpaired) electrons. The smallest absolute Gasteiger partial charge is 0.110 e. The molecule has 0 aliphatic carbocycles. The van der Waals surface area contributed by atoms with Crippen molar-refractivity contribution in [1.82, 2.24) is 9.55 Å². The Morgan fingerprint density at radius 1 is 1.40 bits per heavy atom. The molecule has 78 valence electrons. The number of anilines is 1. The van der Waals surface area contributed by atoms with Gasteiger partial charge < -0.3 is 16.0 Å². The zero-order chi connectivity index (χ0) is 10.8. The summed E-state index contributed by atoms with van der Waals surface area (Å²) in [5, 5.41) is 0. The Bertz CT molecular complexity index is 473. The summed E-state index contributed by atoms with van der Waals surface area (Å²) in [7, 11) is 0. The number of hydrogen-bond donors (Lipinski definition) is 2. The molecule has 0 fully saturated rings. The van der Waals surface area contributed by atoms with Gasteiger partial charge in [-0.25, -0.2) is 4.98 Å². The third kappa shape index (κ3) is 1.71. The molecule has 4 nitrogen and oxygen atoms in total. The molecule has 0 saturated heterocycles. The quantitative estimate of drug-likeness (QED) is 0.719. The normalized spacial score (nSPS) is 10.5. The van der Waals surface area contributed by atoms with E-state index in [1.165, 1.54) is 0 Å². The van der Waals surface area contributed by atoms with Crippen LogP contribution in [0.2, 0.25) is 0 Å². The van der Waals surface area contributed by atoms with Gasteiger partial charge in [0.2, 0.25) is 0 Å². The van der Waals surface area contributed by atoms with Crippen molar-refractivity contribution in [3.8, 4) is 5.69 Å². The summed E-state index contributed by atoms with van der Waals surface area (Å²) < 4.78 is 2.00. The second-order valence-corrected chi connectivity index (χ2v) is 3.43. The molecule has 0 saturated carbocycles. The third-order valence-corrected chi connectivity index (χ3v) is 2.45. The van der Waals surface area contributed by atoms with E-state index in [2.05, 4.69) is 4.98 Å². The molecule has 0 bridgehead atoms. The van der Waals surface area contributed by atoms with Gasteiger partial charge in [0.05, 0.1) is 0 Å². The molecule has 15 heavy (non-hydrogen) atoms. The summed E-state index contributed by atoms with van der Waals surface area (Å²) in [6.07, 6.45) is 3.69. The lowest BCUT2D eigenvalue weighted by Gasteiger charge is -2.08. The van der Waals surface area contributed by atoms with Gasteiger partial charge >= 0.3 is 0 Å². The van der Waals surface area contributed by atoms with Crippen molar-refractivity contribution in [3.63, 3.8) is 0 Å². The Morgan fingerprint density at radius 2 is 2.20 bits per heavy atom. The van der Waals surface area contributed by atoms with E-state index in [0.29, 0.717) is 6.54 Å². The molecule has 1 heterocycles. The summed E-state index contributed by atoms with van der Waals surface area (Å²) in [5.41, 5.74) is 14.1. The zero-order valence-electron chi connectivity index (χ0n) is 8.64. The highest BCUT2D eigenvalue weighted by atomic mass is 15.1.